The molecule has 4 rings (SSSR count). The molecule has 0 radical (unpaired) electrons. The molecule has 9 nitrogen and oxygen atoms in total. The molecule has 1 aliphatic carbocycles. The van der Waals surface area contributed by atoms with Crippen molar-refractivity contribution in [2.24, 2.45) is 0 Å². The number of carbonyl (C=O) groups is 2. The first-order valence-electron chi connectivity index (χ1n) is 13.6. The van der Waals surface area contributed by atoms with Gasteiger partial charge in [0.05, 0.1) is 21.5 Å². The van der Waals surface area contributed by atoms with E-state index in [2.05, 4.69) is 5.32 Å². The van der Waals surface area contributed by atoms with Crippen LogP contribution in [0.25, 0.3) is 0 Å². The molecule has 12 heteroatoms. The number of ether oxygens (including phenoxy) is 2. The van der Waals surface area contributed by atoms with Crippen LogP contribution >= 0.6 is 23.2 Å². The Balaban J connectivity index is 1.65. The number of carbonyl (C=O) groups excluding carboxylic acids is 2. The minimum Gasteiger partial charge on any atom is -0.454 e. The summed E-state index contributed by atoms with van der Waals surface area (Å²) in [6.45, 7) is 2.93. The van der Waals surface area contributed by atoms with Gasteiger partial charge in [0, 0.05) is 18.7 Å². The number of fused-ring (bicyclic) bond motifs is 1. The van der Waals surface area contributed by atoms with Crippen LogP contribution in [0.1, 0.15) is 57.9 Å². The molecular weight excluding hydrogens is 577 g/mol. The van der Waals surface area contributed by atoms with Crippen LogP contribution in [0.3, 0.4) is 0 Å². The van der Waals surface area contributed by atoms with E-state index in [4.69, 9.17) is 32.7 Å². The molecule has 218 valence electrons. The summed E-state index contributed by atoms with van der Waals surface area (Å²) >= 11 is 12.3. The Morgan fingerprint density at radius 2 is 1.73 bits per heavy atom. The van der Waals surface area contributed by atoms with Gasteiger partial charge in [0.1, 0.15) is 12.6 Å². The number of halogens is 2. The van der Waals surface area contributed by atoms with Gasteiger partial charge in [-0.25, -0.2) is 8.42 Å². The van der Waals surface area contributed by atoms with Crippen LogP contribution in [0.2, 0.25) is 10.0 Å². The molecule has 1 unspecified atom stereocenters. The summed E-state index contributed by atoms with van der Waals surface area (Å²) in [6, 6.07) is 8.98. The maximum atomic E-state index is 14.0. The van der Waals surface area contributed by atoms with Gasteiger partial charge in [-0.1, -0.05) is 55.5 Å². The largest absolute Gasteiger partial charge is 0.454 e. The molecule has 1 saturated carbocycles. The van der Waals surface area contributed by atoms with Crippen molar-refractivity contribution in [3.8, 4) is 11.5 Å². The average molecular weight is 613 g/mol. The molecule has 2 aromatic carbocycles. The van der Waals surface area contributed by atoms with Gasteiger partial charge in [0.25, 0.3) is 0 Å². The van der Waals surface area contributed by atoms with E-state index < -0.39 is 28.5 Å². The van der Waals surface area contributed by atoms with Crippen molar-refractivity contribution < 1.29 is 27.5 Å². The Morgan fingerprint density at radius 1 is 1.00 bits per heavy atom. The van der Waals surface area contributed by atoms with Crippen LogP contribution in [0.15, 0.2) is 36.4 Å². The van der Waals surface area contributed by atoms with Crippen molar-refractivity contribution in [3.63, 3.8) is 0 Å². The highest BCUT2D eigenvalue weighted by Crippen LogP contribution is 2.36. The van der Waals surface area contributed by atoms with Crippen LogP contribution in [0.5, 0.6) is 11.5 Å². The van der Waals surface area contributed by atoms with E-state index in [1.54, 1.807) is 36.4 Å². The summed E-state index contributed by atoms with van der Waals surface area (Å²) in [5.74, 6) is -0.106. The van der Waals surface area contributed by atoms with Gasteiger partial charge in [-0.05, 0) is 56.0 Å². The molecule has 1 atom stereocenters. The number of anilines is 1. The molecule has 2 amide bonds. The van der Waals surface area contributed by atoms with Crippen LogP contribution in [-0.2, 0) is 26.2 Å². The summed E-state index contributed by atoms with van der Waals surface area (Å²) in [5.41, 5.74) is 0.938. The summed E-state index contributed by atoms with van der Waals surface area (Å²) in [7, 11) is -3.87. The average Bonchev–Trinajstić information content (AvgIpc) is 3.42. The van der Waals surface area contributed by atoms with E-state index in [1.165, 1.54) is 11.8 Å². The first kappa shape index (κ1) is 30.3. The zero-order chi connectivity index (χ0) is 28.9. The van der Waals surface area contributed by atoms with Crippen molar-refractivity contribution in [2.75, 3.05) is 23.4 Å². The molecule has 2 aliphatic rings. The number of nitrogens with one attached hydrogen (secondary N) is 1. The van der Waals surface area contributed by atoms with E-state index in [0.29, 0.717) is 33.5 Å². The van der Waals surface area contributed by atoms with E-state index in [1.807, 2.05) is 6.92 Å². The first-order valence-corrected chi connectivity index (χ1v) is 15.9. The zero-order valence-corrected chi connectivity index (χ0v) is 25.0. The predicted molar refractivity (Wildman–Crippen MR) is 155 cm³/mol. The second-order valence-corrected chi connectivity index (χ2v) is 13.0. The summed E-state index contributed by atoms with van der Waals surface area (Å²) in [4.78, 5) is 29.0. The number of sulfonamides is 1. The maximum absolute atomic E-state index is 14.0. The summed E-state index contributed by atoms with van der Waals surface area (Å²) in [6.07, 6.45) is 5.38. The number of hydrogen-bond acceptors (Lipinski definition) is 6. The van der Waals surface area contributed by atoms with Crippen LogP contribution in [0, 0.1) is 0 Å². The molecule has 1 fully saturated rings. The Morgan fingerprint density at radius 3 is 2.40 bits per heavy atom. The van der Waals surface area contributed by atoms with Gasteiger partial charge >= 0.3 is 0 Å². The number of benzene rings is 2. The predicted octanol–water partition coefficient (Wildman–Crippen LogP) is 5.13. The Hall–Kier alpha value is -2.69. The highest BCUT2D eigenvalue weighted by molar-refractivity contribution is 7.92. The van der Waals surface area contributed by atoms with Crippen molar-refractivity contribution >= 4 is 50.7 Å². The molecule has 1 aliphatic heterocycles. The minimum atomic E-state index is -3.87. The molecule has 1 heterocycles. The molecule has 0 bridgehead atoms. The fourth-order valence-electron chi connectivity index (χ4n) is 5.06. The quantitative estimate of drug-likeness (QED) is 0.377. The van der Waals surface area contributed by atoms with Gasteiger partial charge in [-0.15, -0.1) is 0 Å². The normalized spacial score (nSPS) is 15.9. The monoisotopic (exact) mass is 611 g/mol. The molecule has 0 aromatic heterocycles. The van der Waals surface area contributed by atoms with Crippen molar-refractivity contribution in [2.45, 2.75) is 71.0 Å². The van der Waals surface area contributed by atoms with E-state index >= 15 is 0 Å². The van der Waals surface area contributed by atoms with Gasteiger partial charge in [-0.3, -0.25) is 13.9 Å². The van der Waals surface area contributed by atoms with Gasteiger partial charge in [-0.2, -0.15) is 0 Å². The third kappa shape index (κ3) is 7.14. The minimum absolute atomic E-state index is 0.0317. The molecule has 1 N–H and O–H groups in total. The number of hydrogen-bond donors (Lipinski definition) is 1. The smallest absolute Gasteiger partial charge is 0.244 e. The molecule has 2 aromatic rings. The van der Waals surface area contributed by atoms with Crippen LogP contribution < -0.4 is 19.1 Å². The molecule has 0 spiro atoms. The SMILES string of the molecule is CCC(C(=O)NC1CCCCC1)N(Cc1ccc(Cl)c(Cl)c1)C(=O)CN(c1ccc2c(c1)OCO2)S(=O)(=O)CC. The standard InChI is InChI=1S/C28H35Cl2N3O6S/c1-3-24(28(35)31-20-8-6-5-7-9-20)32(16-19-10-12-22(29)23(30)14-19)27(34)17-33(40(36,37)4-2)21-11-13-25-26(15-21)39-18-38-25/h10-15,20,24H,3-9,16-18H2,1-2H3,(H,31,35). The third-order valence-corrected chi connectivity index (χ3v) is 9.78. The Labute approximate surface area is 245 Å². The number of nitrogens with zero attached hydrogens (tertiary/aromatic N) is 2. The van der Waals surface area contributed by atoms with E-state index in [9.17, 15) is 18.0 Å². The molecule has 40 heavy (non-hydrogen) atoms. The number of amides is 2. The zero-order valence-electron chi connectivity index (χ0n) is 22.7. The fraction of sp³-hybridized carbons (Fsp3) is 0.500. The topological polar surface area (TPSA) is 105 Å². The first-order chi connectivity index (χ1) is 19.1. The van der Waals surface area contributed by atoms with Crippen molar-refractivity contribution in [1.29, 1.82) is 0 Å². The van der Waals surface area contributed by atoms with Crippen LogP contribution in [-0.4, -0.2) is 56.3 Å². The number of rotatable bonds is 11. The van der Waals surface area contributed by atoms with Crippen molar-refractivity contribution in [3.05, 3.63) is 52.0 Å². The lowest BCUT2D eigenvalue weighted by atomic mass is 9.95. The Bertz CT molecular complexity index is 1330. The molecular formula is C28H35Cl2N3O6S. The third-order valence-electron chi connectivity index (χ3n) is 7.30. The highest BCUT2D eigenvalue weighted by atomic mass is 35.5. The van der Waals surface area contributed by atoms with Gasteiger partial charge in [0.2, 0.25) is 28.6 Å². The maximum Gasteiger partial charge on any atom is 0.244 e. The fourth-order valence-corrected chi connectivity index (χ4v) is 6.43. The van der Waals surface area contributed by atoms with Crippen molar-refractivity contribution in [1.82, 2.24) is 10.2 Å². The second kappa shape index (κ2) is 13.3. The second-order valence-electron chi connectivity index (χ2n) is 9.98. The highest BCUT2D eigenvalue weighted by Gasteiger charge is 2.34. The van der Waals surface area contributed by atoms with Crippen LogP contribution in [0.4, 0.5) is 5.69 Å². The lowest BCUT2D eigenvalue weighted by Gasteiger charge is -2.34. The molecule has 0 saturated heterocycles. The summed E-state index contributed by atoms with van der Waals surface area (Å²) in [5, 5.41) is 3.81. The lowest BCUT2D eigenvalue weighted by Crippen LogP contribution is -2.54. The van der Waals surface area contributed by atoms with Gasteiger partial charge < -0.3 is 19.7 Å². The lowest BCUT2D eigenvalue weighted by molar-refractivity contribution is -0.140. The van der Waals surface area contributed by atoms with Gasteiger partial charge in [0.15, 0.2) is 11.5 Å². The van der Waals surface area contributed by atoms with E-state index in [-0.39, 0.29) is 36.7 Å². The summed E-state index contributed by atoms with van der Waals surface area (Å²) < 4.78 is 38.3. The van der Waals surface area contributed by atoms with E-state index in [0.717, 1.165) is 36.4 Å². The Kier molecular flexibility index (Phi) is 10.1.